The van der Waals surface area contributed by atoms with Crippen molar-refractivity contribution in [2.45, 2.75) is 26.7 Å². The van der Waals surface area contributed by atoms with Crippen LogP contribution in [-0.2, 0) is 4.84 Å². The molecule has 0 aliphatic rings. The molecule has 2 aromatic heterocycles. The number of carboxylic acid groups (broad SMARTS) is 1. The third-order valence-corrected chi connectivity index (χ3v) is 3.90. The van der Waals surface area contributed by atoms with Crippen LogP contribution in [0.15, 0.2) is 33.5 Å². The first-order valence-corrected chi connectivity index (χ1v) is 7.95. The van der Waals surface area contributed by atoms with Crippen LogP contribution in [0, 0.1) is 0 Å². The number of aromatic nitrogens is 1. The Kier molecular flexibility index (Phi) is 4.41. The van der Waals surface area contributed by atoms with E-state index in [0.717, 1.165) is 5.56 Å². The van der Waals surface area contributed by atoms with Crippen molar-refractivity contribution >= 4 is 33.9 Å². The van der Waals surface area contributed by atoms with E-state index in [1.807, 2.05) is 19.9 Å². The minimum absolute atomic E-state index is 0.0110. The van der Waals surface area contributed by atoms with Crippen LogP contribution in [-0.4, -0.2) is 22.7 Å². The number of hydrogen-bond acceptors (Lipinski definition) is 6. The molecule has 0 amide bonds. The Balaban J connectivity index is 2.31. The normalized spacial score (nSPS) is 11.4. The van der Waals surface area contributed by atoms with Crippen LogP contribution in [0.2, 0.25) is 0 Å². The van der Waals surface area contributed by atoms with Gasteiger partial charge in [0.15, 0.2) is 5.82 Å². The molecule has 1 aromatic carbocycles. The summed E-state index contributed by atoms with van der Waals surface area (Å²) in [5.41, 5.74) is 3.47. The van der Waals surface area contributed by atoms with Crippen molar-refractivity contribution in [1.82, 2.24) is 4.98 Å². The van der Waals surface area contributed by atoms with Crippen molar-refractivity contribution in [2.24, 2.45) is 0 Å². The number of pyridine rings is 1. The fourth-order valence-corrected chi connectivity index (χ4v) is 2.54. The fourth-order valence-electron chi connectivity index (χ4n) is 2.54. The number of carboxylic acids is 1. The van der Waals surface area contributed by atoms with Crippen molar-refractivity contribution in [1.29, 1.82) is 0 Å². The highest BCUT2D eigenvalue weighted by molar-refractivity contribution is 5.98. The average molecular weight is 342 g/mol. The van der Waals surface area contributed by atoms with Gasteiger partial charge in [-0.15, -0.1) is 0 Å². The molecule has 0 aliphatic heterocycles. The van der Waals surface area contributed by atoms with Crippen molar-refractivity contribution < 1.29 is 19.2 Å². The molecular weight excluding hydrogens is 324 g/mol. The molecule has 7 nitrogen and oxygen atoms in total. The standard InChI is InChI=1S/C18H18N2O5/c1-4-24-20-16-13(18(22)23)8-12-15(21)11-7-10(9(2)3)5-6-14(11)25-17(12)19-16/h5-9H,4H2,1-3H3,(H,19,20)(H,22,23). The molecule has 0 spiro atoms. The quantitative estimate of drug-likeness (QED) is 0.540. The molecule has 0 unspecified atom stereocenters. The second-order valence-corrected chi connectivity index (χ2v) is 5.92. The lowest BCUT2D eigenvalue weighted by molar-refractivity contribution is 0.0696. The van der Waals surface area contributed by atoms with Gasteiger partial charge >= 0.3 is 5.97 Å². The number of benzene rings is 1. The molecular formula is C18H18N2O5. The summed E-state index contributed by atoms with van der Waals surface area (Å²) in [7, 11) is 0. The van der Waals surface area contributed by atoms with E-state index in [4.69, 9.17) is 9.25 Å². The van der Waals surface area contributed by atoms with E-state index in [0.29, 0.717) is 17.6 Å². The molecule has 2 N–H and O–H groups in total. The third-order valence-electron chi connectivity index (χ3n) is 3.90. The molecule has 0 bridgehead atoms. The fraction of sp³-hybridized carbons (Fsp3) is 0.278. The Hall–Kier alpha value is -2.93. The first-order valence-electron chi connectivity index (χ1n) is 7.95. The molecule has 130 valence electrons. The maximum Gasteiger partial charge on any atom is 0.339 e. The van der Waals surface area contributed by atoms with Crippen LogP contribution in [0.25, 0.3) is 22.1 Å². The summed E-state index contributed by atoms with van der Waals surface area (Å²) < 4.78 is 5.72. The molecule has 2 heterocycles. The number of nitrogens with zero attached hydrogens (tertiary/aromatic N) is 1. The van der Waals surface area contributed by atoms with E-state index in [-0.39, 0.29) is 33.8 Å². The van der Waals surface area contributed by atoms with E-state index >= 15 is 0 Å². The smallest absolute Gasteiger partial charge is 0.339 e. The topological polar surface area (TPSA) is 102 Å². The van der Waals surface area contributed by atoms with Crippen molar-refractivity contribution in [3.8, 4) is 0 Å². The minimum atomic E-state index is -1.22. The van der Waals surface area contributed by atoms with Crippen molar-refractivity contribution in [3.63, 3.8) is 0 Å². The van der Waals surface area contributed by atoms with Crippen molar-refractivity contribution in [2.75, 3.05) is 12.1 Å². The van der Waals surface area contributed by atoms with Crippen LogP contribution in [0.4, 0.5) is 5.82 Å². The van der Waals surface area contributed by atoms with Gasteiger partial charge in [-0.3, -0.25) is 9.63 Å². The summed E-state index contributed by atoms with van der Waals surface area (Å²) in [6.07, 6.45) is 0. The number of rotatable bonds is 5. The molecule has 0 saturated heterocycles. The van der Waals surface area contributed by atoms with E-state index in [1.165, 1.54) is 6.07 Å². The zero-order valence-electron chi connectivity index (χ0n) is 14.1. The van der Waals surface area contributed by atoms with Crippen LogP contribution in [0.3, 0.4) is 0 Å². The lowest BCUT2D eigenvalue weighted by Crippen LogP contribution is -2.12. The van der Waals surface area contributed by atoms with Gasteiger partial charge < -0.3 is 9.52 Å². The molecule has 0 aliphatic carbocycles. The molecule has 3 aromatic rings. The number of hydrogen-bond donors (Lipinski definition) is 2. The van der Waals surface area contributed by atoms with Gasteiger partial charge in [0.1, 0.15) is 11.1 Å². The Morgan fingerprint density at radius 3 is 2.72 bits per heavy atom. The Bertz CT molecular complexity index is 1020. The van der Waals surface area contributed by atoms with Crippen LogP contribution < -0.4 is 10.9 Å². The van der Waals surface area contributed by atoms with Crippen molar-refractivity contribution in [3.05, 3.63) is 45.6 Å². The number of carbonyl (C=O) groups is 1. The van der Waals surface area contributed by atoms with E-state index in [1.54, 1.807) is 19.1 Å². The summed E-state index contributed by atoms with van der Waals surface area (Å²) in [5, 5.41) is 9.90. The third kappa shape index (κ3) is 3.06. The summed E-state index contributed by atoms with van der Waals surface area (Å²) in [4.78, 5) is 33.4. The van der Waals surface area contributed by atoms with Gasteiger partial charge in [0, 0.05) is 0 Å². The van der Waals surface area contributed by atoms with Gasteiger partial charge in [0.05, 0.1) is 17.4 Å². The molecule has 0 radical (unpaired) electrons. The lowest BCUT2D eigenvalue weighted by Gasteiger charge is -2.10. The number of nitrogens with one attached hydrogen (secondary N) is 1. The summed E-state index contributed by atoms with van der Waals surface area (Å²) in [5.74, 6) is -0.972. The molecule has 7 heteroatoms. The first kappa shape index (κ1) is 16.9. The van der Waals surface area contributed by atoms with Gasteiger partial charge in [-0.25, -0.2) is 10.3 Å². The average Bonchev–Trinajstić information content (AvgIpc) is 2.59. The molecule has 0 saturated carbocycles. The second kappa shape index (κ2) is 6.52. The zero-order chi connectivity index (χ0) is 18.1. The Labute approximate surface area is 143 Å². The highest BCUT2D eigenvalue weighted by Crippen LogP contribution is 2.25. The maximum absolute atomic E-state index is 12.8. The monoisotopic (exact) mass is 342 g/mol. The molecule has 0 atom stereocenters. The predicted molar refractivity (Wildman–Crippen MR) is 94.1 cm³/mol. The molecule has 25 heavy (non-hydrogen) atoms. The van der Waals surface area contributed by atoms with Crippen LogP contribution in [0.1, 0.15) is 42.6 Å². The maximum atomic E-state index is 12.8. The highest BCUT2D eigenvalue weighted by atomic mass is 16.6. The largest absolute Gasteiger partial charge is 0.478 e. The number of anilines is 1. The van der Waals surface area contributed by atoms with Gasteiger partial charge in [-0.1, -0.05) is 19.9 Å². The number of fused-ring (bicyclic) bond motifs is 2. The highest BCUT2D eigenvalue weighted by Gasteiger charge is 2.18. The van der Waals surface area contributed by atoms with E-state index in [9.17, 15) is 14.7 Å². The summed E-state index contributed by atoms with van der Waals surface area (Å²) in [6, 6.07) is 6.66. The Morgan fingerprint density at radius 1 is 1.32 bits per heavy atom. The van der Waals surface area contributed by atoms with Crippen LogP contribution in [0.5, 0.6) is 0 Å². The first-order chi connectivity index (χ1) is 11.9. The molecule has 3 rings (SSSR count). The van der Waals surface area contributed by atoms with Gasteiger partial charge in [0.2, 0.25) is 11.1 Å². The van der Waals surface area contributed by atoms with E-state index in [2.05, 4.69) is 10.5 Å². The van der Waals surface area contributed by atoms with Gasteiger partial charge in [-0.2, -0.15) is 4.98 Å². The minimum Gasteiger partial charge on any atom is -0.478 e. The SMILES string of the molecule is CCONc1nc2oc3ccc(C(C)C)cc3c(=O)c2cc1C(=O)O. The zero-order valence-corrected chi connectivity index (χ0v) is 14.1. The Morgan fingerprint density at radius 2 is 2.08 bits per heavy atom. The lowest BCUT2D eigenvalue weighted by atomic mass is 10.0. The summed E-state index contributed by atoms with van der Waals surface area (Å²) in [6.45, 7) is 6.12. The number of aromatic carboxylic acids is 1. The van der Waals surface area contributed by atoms with Gasteiger partial charge in [0.25, 0.3) is 0 Å². The van der Waals surface area contributed by atoms with E-state index < -0.39 is 5.97 Å². The van der Waals surface area contributed by atoms with Gasteiger partial charge in [-0.05, 0) is 36.6 Å². The predicted octanol–water partition coefficient (Wildman–Crippen LogP) is 3.53. The molecule has 0 fully saturated rings. The van der Waals surface area contributed by atoms with Crippen LogP contribution >= 0.6 is 0 Å². The summed E-state index contributed by atoms with van der Waals surface area (Å²) >= 11 is 0. The second-order valence-electron chi connectivity index (χ2n) is 5.92.